The van der Waals surface area contributed by atoms with E-state index in [1.165, 1.54) is 6.33 Å². The van der Waals surface area contributed by atoms with E-state index in [0.717, 1.165) is 25.9 Å². The van der Waals surface area contributed by atoms with Crippen LogP contribution in [0.4, 0.5) is 0 Å². The van der Waals surface area contributed by atoms with E-state index in [4.69, 9.17) is 16.3 Å². The number of H-pyrrole nitrogens is 1. The smallest absolute Gasteiger partial charge is 0.270 e. The highest BCUT2D eigenvalue weighted by Gasteiger charge is 2.18. The molecule has 6 nitrogen and oxygen atoms in total. The molecule has 0 amide bonds. The number of hydrogen-bond donors (Lipinski definition) is 1. The molecule has 1 N–H and O–H groups in total. The normalized spacial score (nSPS) is 19.5. The van der Waals surface area contributed by atoms with Crippen molar-refractivity contribution in [2.45, 2.75) is 25.5 Å². The van der Waals surface area contributed by atoms with Crippen molar-refractivity contribution in [1.29, 1.82) is 0 Å². The highest BCUT2D eigenvalue weighted by atomic mass is 35.5. The minimum atomic E-state index is -0.353. The zero-order valence-electron chi connectivity index (χ0n) is 10.2. The van der Waals surface area contributed by atoms with Crippen LogP contribution in [0, 0.1) is 0 Å². The SMILES string of the molecule is O=c1[nH]cnc(-c2cnn(C3CCCCO3)c2)c1Cl. The van der Waals surface area contributed by atoms with Crippen molar-refractivity contribution in [2.24, 2.45) is 0 Å². The Morgan fingerprint density at radius 1 is 1.47 bits per heavy atom. The standard InChI is InChI=1S/C12H13ClN4O2/c13-10-11(14-7-15-12(10)18)8-5-16-17(6-8)9-3-1-2-4-19-9/h5-7,9H,1-4H2,(H,14,15,18). The highest BCUT2D eigenvalue weighted by Crippen LogP contribution is 2.26. The van der Waals surface area contributed by atoms with E-state index in [2.05, 4.69) is 15.1 Å². The number of halogens is 1. The molecule has 7 heteroatoms. The molecule has 0 bridgehead atoms. The lowest BCUT2D eigenvalue weighted by Gasteiger charge is -2.22. The summed E-state index contributed by atoms with van der Waals surface area (Å²) in [4.78, 5) is 18.0. The fourth-order valence-corrected chi connectivity index (χ4v) is 2.35. The Kier molecular flexibility index (Phi) is 3.35. The van der Waals surface area contributed by atoms with Gasteiger partial charge in [-0.2, -0.15) is 5.10 Å². The first kappa shape index (κ1) is 12.4. The van der Waals surface area contributed by atoms with Gasteiger partial charge in [-0.05, 0) is 19.3 Å². The van der Waals surface area contributed by atoms with E-state index >= 15 is 0 Å². The van der Waals surface area contributed by atoms with Gasteiger partial charge < -0.3 is 9.72 Å². The zero-order chi connectivity index (χ0) is 13.2. The Morgan fingerprint density at radius 2 is 2.37 bits per heavy atom. The van der Waals surface area contributed by atoms with Crippen molar-refractivity contribution in [3.63, 3.8) is 0 Å². The molecule has 3 rings (SSSR count). The number of aromatic nitrogens is 4. The monoisotopic (exact) mass is 280 g/mol. The Balaban J connectivity index is 1.92. The van der Waals surface area contributed by atoms with Crippen LogP contribution < -0.4 is 5.56 Å². The lowest BCUT2D eigenvalue weighted by atomic mass is 10.2. The van der Waals surface area contributed by atoms with Gasteiger partial charge in [0, 0.05) is 18.4 Å². The average molecular weight is 281 g/mol. The van der Waals surface area contributed by atoms with Gasteiger partial charge in [0.2, 0.25) is 0 Å². The first-order valence-corrected chi connectivity index (χ1v) is 6.53. The van der Waals surface area contributed by atoms with Crippen molar-refractivity contribution < 1.29 is 4.74 Å². The van der Waals surface area contributed by atoms with Crippen molar-refractivity contribution in [2.75, 3.05) is 6.61 Å². The minimum absolute atomic E-state index is 0.0386. The molecule has 1 aliphatic heterocycles. The summed E-state index contributed by atoms with van der Waals surface area (Å²) in [7, 11) is 0. The molecule has 0 saturated carbocycles. The van der Waals surface area contributed by atoms with Crippen LogP contribution in [0.3, 0.4) is 0 Å². The summed E-state index contributed by atoms with van der Waals surface area (Å²) in [6.45, 7) is 0.754. The molecule has 1 fully saturated rings. The van der Waals surface area contributed by atoms with E-state index in [1.807, 2.05) is 6.20 Å². The van der Waals surface area contributed by atoms with E-state index in [9.17, 15) is 4.79 Å². The Bertz CT molecular complexity index is 631. The number of aromatic amines is 1. The molecule has 0 spiro atoms. The van der Waals surface area contributed by atoms with E-state index in [-0.39, 0.29) is 16.8 Å². The largest absolute Gasteiger partial charge is 0.357 e. The van der Waals surface area contributed by atoms with Crippen LogP contribution in [0.2, 0.25) is 5.02 Å². The highest BCUT2D eigenvalue weighted by molar-refractivity contribution is 6.32. The van der Waals surface area contributed by atoms with Crippen LogP contribution in [0.15, 0.2) is 23.5 Å². The van der Waals surface area contributed by atoms with Gasteiger partial charge in [-0.25, -0.2) is 9.67 Å². The number of ether oxygens (including phenoxy) is 1. The van der Waals surface area contributed by atoms with Gasteiger partial charge in [0.05, 0.1) is 18.2 Å². The lowest BCUT2D eigenvalue weighted by Crippen LogP contribution is -2.18. The molecule has 3 heterocycles. The van der Waals surface area contributed by atoms with Crippen molar-refractivity contribution in [1.82, 2.24) is 19.7 Å². The van der Waals surface area contributed by atoms with Crippen molar-refractivity contribution in [3.05, 3.63) is 34.1 Å². The van der Waals surface area contributed by atoms with Gasteiger partial charge in [-0.15, -0.1) is 0 Å². The fourth-order valence-electron chi connectivity index (χ4n) is 2.13. The van der Waals surface area contributed by atoms with Gasteiger partial charge in [0.1, 0.15) is 11.3 Å². The molecule has 1 saturated heterocycles. The molecular formula is C12H13ClN4O2. The molecule has 1 unspecified atom stereocenters. The van der Waals surface area contributed by atoms with E-state index in [0.29, 0.717) is 11.3 Å². The summed E-state index contributed by atoms with van der Waals surface area (Å²) in [5.41, 5.74) is 0.797. The predicted octanol–water partition coefficient (Wildman–Crippen LogP) is 1.99. The molecule has 19 heavy (non-hydrogen) atoms. The second-order valence-corrected chi connectivity index (χ2v) is 4.80. The number of nitrogens with zero attached hydrogens (tertiary/aromatic N) is 3. The van der Waals surface area contributed by atoms with Gasteiger partial charge >= 0.3 is 0 Å². The van der Waals surface area contributed by atoms with Gasteiger partial charge in [0.25, 0.3) is 5.56 Å². The van der Waals surface area contributed by atoms with Crippen LogP contribution in [0.5, 0.6) is 0 Å². The van der Waals surface area contributed by atoms with Crippen LogP contribution in [-0.2, 0) is 4.74 Å². The zero-order valence-corrected chi connectivity index (χ0v) is 10.9. The number of hydrogen-bond acceptors (Lipinski definition) is 4. The summed E-state index contributed by atoms with van der Waals surface area (Å²) < 4.78 is 7.40. The molecule has 0 radical (unpaired) electrons. The molecule has 2 aromatic heterocycles. The molecule has 2 aromatic rings. The molecule has 0 aliphatic carbocycles. The Labute approximate surface area is 114 Å². The summed E-state index contributed by atoms with van der Waals surface area (Å²) in [5, 5.41) is 4.34. The number of rotatable bonds is 2. The van der Waals surface area contributed by atoms with Crippen LogP contribution >= 0.6 is 11.6 Å². The van der Waals surface area contributed by atoms with Crippen molar-refractivity contribution in [3.8, 4) is 11.3 Å². The number of nitrogens with one attached hydrogen (secondary N) is 1. The summed E-state index contributed by atoms with van der Waals surface area (Å²) in [6.07, 6.45) is 7.91. The van der Waals surface area contributed by atoms with Crippen molar-refractivity contribution >= 4 is 11.6 Å². The molecule has 0 aromatic carbocycles. The van der Waals surface area contributed by atoms with E-state index in [1.54, 1.807) is 10.9 Å². The second-order valence-electron chi connectivity index (χ2n) is 4.42. The maximum atomic E-state index is 11.4. The van der Waals surface area contributed by atoms with Crippen LogP contribution in [0.1, 0.15) is 25.5 Å². The Hall–Kier alpha value is -1.66. The van der Waals surface area contributed by atoms with Crippen LogP contribution in [-0.4, -0.2) is 26.4 Å². The predicted molar refractivity (Wildman–Crippen MR) is 69.9 cm³/mol. The summed E-state index contributed by atoms with van der Waals surface area (Å²) >= 11 is 5.95. The van der Waals surface area contributed by atoms with E-state index < -0.39 is 0 Å². The fraction of sp³-hybridized carbons (Fsp3) is 0.417. The third-order valence-corrected chi connectivity index (χ3v) is 3.47. The van der Waals surface area contributed by atoms with Gasteiger partial charge in [-0.1, -0.05) is 11.6 Å². The summed E-state index contributed by atoms with van der Waals surface area (Å²) in [5.74, 6) is 0. The second kappa shape index (κ2) is 5.14. The van der Waals surface area contributed by atoms with Crippen LogP contribution in [0.25, 0.3) is 11.3 Å². The lowest BCUT2D eigenvalue weighted by molar-refractivity contribution is -0.0394. The van der Waals surface area contributed by atoms with Gasteiger partial charge in [-0.3, -0.25) is 4.79 Å². The van der Waals surface area contributed by atoms with Gasteiger partial charge in [0.15, 0.2) is 0 Å². The first-order valence-electron chi connectivity index (χ1n) is 6.15. The first-order chi connectivity index (χ1) is 9.25. The minimum Gasteiger partial charge on any atom is -0.357 e. The molecular weight excluding hydrogens is 268 g/mol. The molecule has 1 atom stereocenters. The maximum absolute atomic E-state index is 11.4. The quantitative estimate of drug-likeness (QED) is 0.913. The molecule has 1 aliphatic rings. The Morgan fingerprint density at radius 3 is 3.16 bits per heavy atom. The third kappa shape index (κ3) is 2.41. The average Bonchev–Trinajstić information content (AvgIpc) is 2.92. The maximum Gasteiger partial charge on any atom is 0.270 e. The third-order valence-electron chi connectivity index (χ3n) is 3.12. The summed E-state index contributed by atoms with van der Waals surface area (Å²) in [6, 6.07) is 0. The topological polar surface area (TPSA) is 72.8 Å². The molecule has 100 valence electrons.